The maximum atomic E-state index is 5.33. The van der Waals surface area contributed by atoms with Crippen molar-refractivity contribution in [1.29, 1.82) is 0 Å². The van der Waals surface area contributed by atoms with Crippen LogP contribution >= 0.6 is 0 Å². The molecular weight excluding hydrogens is 176 g/mol. The smallest absolute Gasteiger partial charge is 0.142 e. The molecule has 0 unspecified atom stereocenters. The minimum absolute atomic E-state index is 0.613. The van der Waals surface area contributed by atoms with Crippen molar-refractivity contribution in [2.75, 3.05) is 0 Å². The van der Waals surface area contributed by atoms with E-state index in [-0.39, 0.29) is 0 Å². The molecule has 2 aromatic rings. The van der Waals surface area contributed by atoms with Crippen LogP contribution in [0, 0.1) is 12.3 Å². The van der Waals surface area contributed by atoms with E-state index >= 15 is 0 Å². The third-order valence-corrected chi connectivity index (χ3v) is 1.84. The maximum absolute atomic E-state index is 5.33. The molecule has 0 spiro atoms. The molecule has 0 fully saturated rings. The van der Waals surface area contributed by atoms with Gasteiger partial charge in [0.15, 0.2) is 0 Å². The average molecular weight is 184 g/mol. The van der Waals surface area contributed by atoms with Gasteiger partial charge in [-0.05, 0) is 5.92 Å². The fraction of sp³-hybridized carbons (Fsp3) is 0.100. The summed E-state index contributed by atoms with van der Waals surface area (Å²) in [5.41, 5.74) is 2.38. The molecule has 0 amide bonds. The summed E-state index contributed by atoms with van der Waals surface area (Å²) in [4.78, 5) is 7.86. The molecule has 0 aliphatic carbocycles. The molecule has 2 rings (SSSR count). The van der Waals surface area contributed by atoms with Crippen molar-refractivity contribution >= 4 is 0 Å². The van der Waals surface area contributed by atoms with Crippen LogP contribution in [0.15, 0.2) is 24.9 Å². The molecule has 0 saturated heterocycles. The third-order valence-electron chi connectivity index (χ3n) is 1.84. The lowest BCUT2D eigenvalue weighted by Gasteiger charge is -1.94. The Morgan fingerprint density at radius 2 is 2.07 bits per heavy atom. The quantitative estimate of drug-likeness (QED) is 0.617. The van der Waals surface area contributed by atoms with Crippen LogP contribution in [-0.4, -0.2) is 19.7 Å². The molecule has 0 aliphatic heterocycles. The first-order valence-electron chi connectivity index (χ1n) is 4.07. The van der Waals surface area contributed by atoms with Crippen molar-refractivity contribution in [3.63, 3.8) is 0 Å². The molecule has 0 N–H and O–H groups in total. The van der Waals surface area contributed by atoms with E-state index in [9.17, 15) is 0 Å². The van der Waals surface area contributed by atoms with Crippen molar-refractivity contribution in [1.82, 2.24) is 19.7 Å². The SMILES string of the molecule is C#Cc1nn(C)cc1-c1cncnc1. The molecule has 0 bridgehead atoms. The predicted molar refractivity (Wildman–Crippen MR) is 52.2 cm³/mol. The molecule has 0 atom stereocenters. The Morgan fingerprint density at radius 3 is 2.71 bits per heavy atom. The summed E-state index contributed by atoms with van der Waals surface area (Å²) < 4.78 is 1.68. The lowest BCUT2D eigenvalue weighted by atomic mass is 10.1. The second-order valence-electron chi connectivity index (χ2n) is 2.84. The van der Waals surface area contributed by atoms with E-state index in [4.69, 9.17) is 6.42 Å². The van der Waals surface area contributed by atoms with Gasteiger partial charge >= 0.3 is 0 Å². The Kier molecular flexibility index (Phi) is 1.99. The van der Waals surface area contributed by atoms with Crippen LogP contribution in [0.1, 0.15) is 5.69 Å². The highest BCUT2D eigenvalue weighted by Crippen LogP contribution is 2.19. The van der Waals surface area contributed by atoms with Crippen molar-refractivity contribution in [3.8, 4) is 23.5 Å². The Bertz CT molecular complexity index is 479. The van der Waals surface area contributed by atoms with Crippen LogP contribution in [0.4, 0.5) is 0 Å². The normalized spacial score (nSPS) is 9.71. The molecule has 0 aliphatic rings. The monoisotopic (exact) mass is 184 g/mol. The van der Waals surface area contributed by atoms with Gasteiger partial charge < -0.3 is 0 Å². The Morgan fingerprint density at radius 1 is 1.36 bits per heavy atom. The number of terminal acetylenes is 1. The highest BCUT2D eigenvalue weighted by Gasteiger charge is 2.07. The van der Waals surface area contributed by atoms with Gasteiger partial charge in [-0.15, -0.1) is 6.42 Å². The molecule has 2 heterocycles. The molecule has 0 aromatic carbocycles. The largest absolute Gasteiger partial charge is 0.274 e. The summed E-state index contributed by atoms with van der Waals surface area (Å²) in [6, 6.07) is 0. The van der Waals surface area contributed by atoms with Crippen molar-refractivity contribution in [2.24, 2.45) is 7.05 Å². The van der Waals surface area contributed by atoms with Gasteiger partial charge in [-0.1, -0.05) is 0 Å². The first-order chi connectivity index (χ1) is 6.81. The first kappa shape index (κ1) is 8.45. The van der Waals surface area contributed by atoms with Crippen LogP contribution in [0.2, 0.25) is 0 Å². The molecule has 0 radical (unpaired) electrons. The average Bonchev–Trinajstić information content (AvgIpc) is 2.61. The van der Waals surface area contributed by atoms with Gasteiger partial charge in [0.2, 0.25) is 0 Å². The van der Waals surface area contributed by atoms with E-state index in [1.54, 1.807) is 17.1 Å². The number of hydrogen-bond donors (Lipinski definition) is 0. The molecule has 4 nitrogen and oxygen atoms in total. The topological polar surface area (TPSA) is 43.6 Å². The van der Waals surface area contributed by atoms with Crippen LogP contribution in [0.3, 0.4) is 0 Å². The zero-order valence-corrected chi connectivity index (χ0v) is 7.68. The predicted octanol–water partition coefficient (Wildman–Crippen LogP) is 0.858. The second-order valence-corrected chi connectivity index (χ2v) is 2.84. The summed E-state index contributed by atoms with van der Waals surface area (Å²) >= 11 is 0. The van der Waals surface area contributed by atoms with E-state index in [0.717, 1.165) is 11.1 Å². The van der Waals surface area contributed by atoms with Crippen molar-refractivity contribution in [3.05, 3.63) is 30.6 Å². The lowest BCUT2D eigenvalue weighted by Crippen LogP contribution is -1.86. The standard InChI is InChI=1S/C10H8N4/c1-3-10-9(6-14(2)13-10)8-4-11-7-12-5-8/h1,4-7H,2H3. The molecule has 0 saturated carbocycles. The highest BCUT2D eigenvalue weighted by molar-refractivity contribution is 5.66. The fourth-order valence-electron chi connectivity index (χ4n) is 1.24. The number of hydrogen-bond acceptors (Lipinski definition) is 3. The summed E-state index contributed by atoms with van der Waals surface area (Å²) in [5.74, 6) is 2.53. The number of rotatable bonds is 1. The molecule has 4 heteroatoms. The minimum atomic E-state index is 0.613. The van der Waals surface area contributed by atoms with E-state index < -0.39 is 0 Å². The van der Waals surface area contributed by atoms with Crippen LogP contribution < -0.4 is 0 Å². The summed E-state index contributed by atoms with van der Waals surface area (Å²) in [7, 11) is 1.83. The van der Waals surface area contributed by atoms with Crippen LogP contribution in [0.25, 0.3) is 11.1 Å². The van der Waals surface area contributed by atoms with Gasteiger partial charge in [-0.2, -0.15) is 5.10 Å². The molecule has 68 valence electrons. The number of nitrogens with zero attached hydrogens (tertiary/aromatic N) is 4. The third kappa shape index (κ3) is 1.36. The highest BCUT2D eigenvalue weighted by atomic mass is 15.2. The minimum Gasteiger partial charge on any atom is -0.274 e. The maximum Gasteiger partial charge on any atom is 0.142 e. The summed E-state index contributed by atoms with van der Waals surface area (Å²) in [6.07, 6.45) is 12.1. The fourth-order valence-corrected chi connectivity index (χ4v) is 1.24. The van der Waals surface area contributed by atoms with Crippen molar-refractivity contribution in [2.45, 2.75) is 0 Å². The van der Waals surface area contributed by atoms with Gasteiger partial charge in [0, 0.05) is 36.8 Å². The first-order valence-corrected chi connectivity index (χ1v) is 4.07. The number of aromatic nitrogens is 4. The van der Waals surface area contributed by atoms with Gasteiger partial charge in [-0.25, -0.2) is 9.97 Å². The van der Waals surface area contributed by atoms with Gasteiger partial charge in [-0.3, -0.25) is 4.68 Å². The van der Waals surface area contributed by atoms with E-state index in [2.05, 4.69) is 21.0 Å². The summed E-state index contributed by atoms with van der Waals surface area (Å²) in [5, 5.41) is 4.13. The van der Waals surface area contributed by atoms with E-state index in [0.29, 0.717) is 5.69 Å². The summed E-state index contributed by atoms with van der Waals surface area (Å²) in [6.45, 7) is 0. The Balaban J connectivity index is 2.58. The number of aryl methyl sites for hydroxylation is 1. The Hall–Kier alpha value is -2.15. The van der Waals surface area contributed by atoms with E-state index in [1.165, 1.54) is 6.33 Å². The Labute approximate surface area is 81.6 Å². The van der Waals surface area contributed by atoms with Gasteiger partial charge in [0.25, 0.3) is 0 Å². The lowest BCUT2D eigenvalue weighted by molar-refractivity contribution is 0.764. The van der Waals surface area contributed by atoms with Gasteiger partial charge in [0.05, 0.1) is 0 Å². The van der Waals surface area contributed by atoms with Crippen LogP contribution in [-0.2, 0) is 7.05 Å². The van der Waals surface area contributed by atoms with Crippen molar-refractivity contribution < 1.29 is 0 Å². The van der Waals surface area contributed by atoms with Crippen LogP contribution in [0.5, 0.6) is 0 Å². The second kappa shape index (κ2) is 3.30. The van der Waals surface area contributed by atoms with E-state index in [1.807, 2.05) is 13.2 Å². The zero-order valence-electron chi connectivity index (χ0n) is 7.68. The van der Waals surface area contributed by atoms with Gasteiger partial charge in [0.1, 0.15) is 12.0 Å². The molecular formula is C10H8N4. The molecule has 2 aromatic heterocycles. The zero-order chi connectivity index (χ0) is 9.97. The molecule has 14 heavy (non-hydrogen) atoms.